The van der Waals surface area contributed by atoms with Crippen LogP contribution in [-0.4, -0.2) is 49.6 Å². The third-order valence-electron chi connectivity index (χ3n) is 7.84. The van der Waals surface area contributed by atoms with Crippen molar-refractivity contribution in [2.24, 2.45) is 23.2 Å². The highest BCUT2D eigenvalue weighted by Crippen LogP contribution is 2.64. The molecule has 0 N–H and O–H groups in total. The summed E-state index contributed by atoms with van der Waals surface area (Å²) in [5.41, 5.74) is 3.70. The Labute approximate surface area is 183 Å². The summed E-state index contributed by atoms with van der Waals surface area (Å²) in [7, 11) is 2.25. The average molecular weight is 423 g/mol. The highest BCUT2D eigenvalue weighted by molar-refractivity contribution is 5.85. The predicted molar refractivity (Wildman–Crippen MR) is 123 cm³/mol. The SMILES string of the molecule is CN1CCN(C/C=C(\c2ccccc2)C23CC4CC(CC(C4)C2)C3)CC1.Cl.Cl. The second-order valence-corrected chi connectivity index (χ2v) is 9.79. The minimum absolute atomic E-state index is 0. The maximum atomic E-state index is 2.66. The van der Waals surface area contributed by atoms with Crippen LogP contribution in [-0.2, 0) is 0 Å². The Kier molecular flexibility index (Phi) is 7.18. The van der Waals surface area contributed by atoms with E-state index in [9.17, 15) is 0 Å². The van der Waals surface area contributed by atoms with Crippen molar-refractivity contribution in [1.82, 2.24) is 9.80 Å². The fourth-order valence-corrected chi connectivity index (χ4v) is 6.95. The number of piperazine rings is 1. The first-order valence-corrected chi connectivity index (χ1v) is 10.9. The van der Waals surface area contributed by atoms with Gasteiger partial charge < -0.3 is 4.90 Å². The fraction of sp³-hybridized carbons (Fsp3) is 0.667. The molecule has 1 saturated heterocycles. The highest BCUT2D eigenvalue weighted by Gasteiger charge is 2.52. The van der Waals surface area contributed by atoms with Crippen molar-refractivity contribution in [3.05, 3.63) is 42.0 Å². The Hall–Kier alpha value is -0.540. The molecule has 156 valence electrons. The van der Waals surface area contributed by atoms with E-state index in [4.69, 9.17) is 0 Å². The van der Waals surface area contributed by atoms with Crippen LogP contribution in [0.4, 0.5) is 0 Å². The molecule has 5 fully saturated rings. The lowest BCUT2D eigenvalue weighted by molar-refractivity contribution is -0.0179. The zero-order valence-electron chi connectivity index (χ0n) is 17.2. The van der Waals surface area contributed by atoms with Gasteiger partial charge in [-0.1, -0.05) is 36.4 Å². The maximum Gasteiger partial charge on any atom is 0.0170 e. The first kappa shape index (κ1) is 22.2. The summed E-state index contributed by atoms with van der Waals surface area (Å²) in [6.45, 7) is 6.00. The molecule has 2 nitrogen and oxygen atoms in total. The Morgan fingerprint density at radius 2 is 1.43 bits per heavy atom. The summed E-state index contributed by atoms with van der Waals surface area (Å²) >= 11 is 0. The molecular weight excluding hydrogens is 387 g/mol. The first-order valence-electron chi connectivity index (χ1n) is 10.9. The molecule has 4 bridgehead atoms. The van der Waals surface area contributed by atoms with E-state index in [1.807, 2.05) is 0 Å². The molecule has 1 aromatic carbocycles. The lowest BCUT2D eigenvalue weighted by atomic mass is 9.47. The number of halogens is 2. The molecule has 0 radical (unpaired) electrons. The molecule has 0 aromatic heterocycles. The monoisotopic (exact) mass is 422 g/mol. The van der Waals surface area contributed by atoms with Gasteiger partial charge in [0.05, 0.1) is 0 Å². The van der Waals surface area contributed by atoms with Crippen molar-refractivity contribution in [3.63, 3.8) is 0 Å². The van der Waals surface area contributed by atoms with E-state index in [0.717, 1.165) is 24.3 Å². The van der Waals surface area contributed by atoms with Crippen LogP contribution >= 0.6 is 24.8 Å². The third-order valence-corrected chi connectivity index (χ3v) is 7.84. The maximum absolute atomic E-state index is 2.66. The Bertz CT molecular complexity index is 629. The smallest absolute Gasteiger partial charge is 0.0170 e. The zero-order valence-corrected chi connectivity index (χ0v) is 18.8. The van der Waals surface area contributed by atoms with E-state index in [2.05, 4.69) is 53.3 Å². The van der Waals surface area contributed by atoms with Gasteiger partial charge in [-0.3, -0.25) is 4.90 Å². The lowest BCUT2D eigenvalue weighted by Crippen LogP contribution is -2.47. The third kappa shape index (κ3) is 4.31. The Morgan fingerprint density at radius 3 is 1.96 bits per heavy atom. The van der Waals surface area contributed by atoms with Gasteiger partial charge >= 0.3 is 0 Å². The van der Waals surface area contributed by atoms with Crippen LogP contribution in [0.15, 0.2) is 36.4 Å². The minimum Gasteiger partial charge on any atom is -0.304 e. The second kappa shape index (κ2) is 9.08. The number of hydrogen-bond donors (Lipinski definition) is 0. The van der Waals surface area contributed by atoms with Crippen LogP contribution in [0.5, 0.6) is 0 Å². The standard InChI is InChI=1S/C24H34N2.2ClH/c1-25-9-11-26(12-10-25)8-7-23(22-5-3-2-4-6-22)24-16-19-13-20(17-24)15-21(14-19)18-24;;/h2-7,19-21H,8-18H2,1H3;2*1H/b23-7+;;. The molecule has 0 atom stereocenters. The van der Waals surface area contributed by atoms with Crippen molar-refractivity contribution < 1.29 is 0 Å². The number of hydrogen-bond acceptors (Lipinski definition) is 2. The average Bonchev–Trinajstić information content (AvgIpc) is 2.63. The first-order chi connectivity index (χ1) is 12.7. The van der Waals surface area contributed by atoms with Crippen molar-refractivity contribution in [3.8, 4) is 0 Å². The van der Waals surface area contributed by atoms with Crippen LogP contribution < -0.4 is 0 Å². The lowest BCUT2D eigenvalue weighted by Gasteiger charge is -2.58. The van der Waals surface area contributed by atoms with Gasteiger partial charge in [-0.05, 0) is 79.9 Å². The molecule has 4 saturated carbocycles. The van der Waals surface area contributed by atoms with Crippen LogP contribution in [0.25, 0.3) is 5.57 Å². The number of rotatable bonds is 4. The minimum atomic E-state index is 0. The van der Waals surface area contributed by atoms with E-state index >= 15 is 0 Å². The summed E-state index contributed by atoms with van der Waals surface area (Å²) in [5, 5.41) is 0. The van der Waals surface area contributed by atoms with Crippen LogP contribution in [0, 0.1) is 23.2 Å². The van der Waals surface area contributed by atoms with Gasteiger partial charge in [0.1, 0.15) is 0 Å². The van der Waals surface area contributed by atoms with Gasteiger partial charge in [0, 0.05) is 32.7 Å². The van der Waals surface area contributed by atoms with E-state index < -0.39 is 0 Å². The summed E-state index contributed by atoms with van der Waals surface area (Å²) in [6.07, 6.45) is 11.6. The van der Waals surface area contributed by atoms with E-state index in [0.29, 0.717) is 5.41 Å². The van der Waals surface area contributed by atoms with E-state index in [-0.39, 0.29) is 24.8 Å². The molecule has 0 unspecified atom stereocenters. The molecule has 0 amide bonds. The number of nitrogens with zero attached hydrogens (tertiary/aromatic N) is 2. The van der Waals surface area contributed by atoms with Crippen molar-refractivity contribution in [2.75, 3.05) is 39.8 Å². The quantitative estimate of drug-likeness (QED) is 0.642. The predicted octanol–water partition coefficient (Wildman–Crippen LogP) is 5.38. The topological polar surface area (TPSA) is 6.48 Å². The molecule has 4 aliphatic carbocycles. The Morgan fingerprint density at radius 1 is 0.893 bits per heavy atom. The van der Waals surface area contributed by atoms with Crippen LogP contribution in [0.1, 0.15) is 44.1 Å². The number of likely N-dealkylation sites (N-methyl/N-ethyl adjacent to an activating group) is 1. The molecule has 5 aliphatic rings. The fourth-order valence-electron chi connectivity index (χ4n) is 6.95. The highest BCUT2D eigenvalue weighted by atomic mass is 35.5. The second-order valence-electron chi connectivity index (χ2n) is 9.79. The summed E-state index contributed by atoms with van der Waals surface area (Å²) in [5.74, 6) is 3.03. The van der Waals surface area contributed by atoms with E-state index in [1.165, 1.54) is 70.3 Å². The largest absolute Gasteiger partial charge is 0.304 e. The summed E-state index contributed by atoms with van der Waals surface area (Å²) in [6, 6.07) is 11.4. The molecule has 6 rings (SSSR count). The molecule has 1 heterocycles. The number of benzene rings is 1. The van der Waals surface area contributed by atoms with Gasteiger partial charge in [-0.2, -0.15) is 0 Å². The van der Waals surface area contributed by atoms with E-state index in [1.54, 1.807) is 5.57 Å². The van der Waals surface area contributed by atoms with Crippen molar-refractivity contribution in [1.29, 1.82) is 0 Å². The van der Waals surface area contributed by atoms with Gasteiger partial charge in [0.2, 0.25) is 0 Å². The summed E-state index contributed by atoms with van der Waals surface area (Å²) in [4.78, 5) is 5.11. The molecule has 0 spiro atoms. The van der Waals surface area contributed by atoms with Gasteiger partial charge in [0.25, 0.3) is 0 Å². The molecular formula is C24H36Cl2N2. The van der Waals surface area contributed by atoms with Crippen LogP contribution in [0.3, 0.4) is 0 Å². The number of allylic oxidation sites excluding steroid dienone is 1. The van der Waals surface area contributed by atoms with Crippen molar-refractivity contribution >= 4 is 30.4 Å². The van der Waals surface area contributed by atoms with Crippen LogP contribution in [0.2, 0.25) is 0 Å². The summed E-state index contributed by atoms with van der Waals surface area (Å²) < 4.78 is 0. The van der Waals surface area contributed by atoms with Gasteiger partial charge in [0.15, 0.2) is 0 Å². The van der Waals surface area contributed by atoms with Gasteiger partial charge in [-0.15, -0.1) is 24.8 Å². The molecule has 1 aromatic rings. The molecule has 1 aliphatic heterocycles. The Balaban J connectivity index is 0.00000112. The molecule has 28 heavy (non-hydrogen) atoms. The normalized spacial score (nSPS) is 35.3. The zero-order chi connectivity index (χ0) is 17.6. The van der Waals surface area contributed by atoms with Crippen molar-refractivity contribution in [2.45, 2.75) is 38.5 Å². The van der Waals surface area contributed by atoms with Gasteiger partial charge in [-0.25, -0.2) is 0 Å². The molecule has 4 heteroatoms.